The molecule has 1 N–H and O–H groups in total. The maximum absolute atomic E-state index is 12.6. The van der Waals surface area contributed by atoms with Crippen LogP contribution in [0.3, 0.4) is 0 Å². The van der Waals surface area contributed by atoms with E-state index in [-0.39, 0.29) is 17.6 Å². The van der Waals surface area contributed by atoms with Gasteiger partial charge in [-0.2, -0.15) is 0 Å². The Balaban J connectivity index is 1.77. The summed E-state index contributed by atoms with van der Waals surface area (Å²) in [5.74, 6) is 0.132. The lowest BCUT2D eigenvalue weighted by Crippen LogP contribution is -2.24. The predicted octanol–water partition coefficient (Wildman–Crippen LogP) is 3.23. The molecule has 0 saturated heterocycles. The Bertz CT molecular complexity index is 570. The van der Waals surface area contributed by atoms with Gasteiger partial charge in [0.25, 0.3) is 0 Å². The first-order chi connectivity index (χ1) is 10.1. The molecule has 1 heterocycles. The van der Waals surface area contributed by atoms with Crippen LogP contribution in [0.5, 0.6) is 5.75 Å². The number of Topliss-reactive ketones (excluding diaryl/α,β-unsaturated/α-hetero) is 1. The van der Waals surface area contributed by atoms with Gasteiger partial charge in [0.2, 0.25) is 0 Å². The molecule has 0 radical (unpaired) electrons. The summed E-state index contributed by atoms with van der Waals surface area (Å²) in [6, 6.07) is 5.57. The van der Waals surface area contributed by atoms with Gasteiger partial charge in [-0.15, -0.1) is 0 Å². The van der Waals surface area contributed by atoms with Crippen LogP contribution in [-0.2, 0) is 11.2 Å². The van der Waals surface area contributed by atoms with Gasteiger partial charge in [0.1, 0.15) is 5.75 Å². The van der Waals surface area contributed by atoms with Gasteiger partial charge in [-0.3, -0.25) is 9.59 Å². The minimum absolute atomic E-state index is 0.0628. The van der Waals surface area contributed by atoms with Crippen LogP contribution in [0.15, 0.2) is 18.2 Å². The number of hydrogen-bond donors (Lipinski definition) is 1. The Morgan fingerprint density at radius 1 is 1.19 bits per heavy atom. The SMILES string of the molecule is O=C(O)CC1(CC(=O)c2ccc3c(c2)CCO3)CCCC1. The number of ketones is 1. The number of ether oxygens (including phenoxy) is 1. The van der Waals surface area contributed by atoms with Crippen molar-refractivity contribution < 1.29 is 19.4 Å². The fraction of sp³-hybridized carbons (Fsp3) is 0.529. The molecule has 21 heavy (non-hydrogen) atoms. The van der Waals surface area contributed by atoms with Gasteiger partial charge in [0.05, 0.1) is 13.0 Å². The van der Waals surface area contributed by atoms with Crippen LogP contribution in [0.2, 0.25) is 0 Å². The molecule has 0 atom stereocenters. The van der Waals surface area contributed by atoms with Gasteiger partial charge in [-0.1, -0.05) is 12.8 Å². The second kappa shape index (κ2) is 5.51. The highest BCUT2D eigenvalue weighted by atomic mass is 16.5. The van der Waals surface area contributed by atoms with Crippen molar-refractivity contribution in [2.24, 2.45) is 5.41 Å². The van der Waals surface area contributed by atoms with E-state index < -0.39 is 5.97 Å². The van der Waals surface area contributed by atoms with Crippen LogP contribution in [0.1, 0.15) is 54.4 Å². The first-order valence-electron chi connectivity index (χ1n) is 7.59. The molecule has 0 aromatic heterocycles. The number of aliphatic carboxylic acids is 1. The average Bonchev–Trinajstić information content (AvgIpc) is 3.06. The molecule has 1 fully saturated rings. The van der Waals surface area contributed by atoms with Crippen LogP contribution in [-0.4, -0.2) is 23.5 Å². The van der Waals surface area contributed by atoms with Gasteiger partial charge in [0, 0.05) is 18.4 Å². The molecule has 4 heteroatoms. The van der Waals surface area contributed by atoms with Gasteiger partial charge < -0.3 is 9.84 Å². The third-order valence-electron chi connectivity index (χ3n) is 4.74. The van der Waals surface area contributed by atoms with E-state index in [4.69, 9.17) is 9.84 Å². The van der Waals surface area contributed by atoms with Crippen LogP contribution in [0, 0.1) is 5.41 Å². The minimum atomic E-state index is -0.799. The van der Waals surface area contributed by atoms with E-state index in [9.17, 15) is 9.59 Å². The van der Waals surface area contributed by atoms with Crippen molar-refractivity contribution in [3.05, 3.63) is 29.3 Å². The van der Waals surface area contributed by atoms with Gasteiger partial charge in [-0.05, 0) is 42.0 Å². The molecular formula is C17H20O4. The lowest BCUT2D eigenvalue weighted by Gasteiger charge is -2.26. The van der Waals surface area contributed by atoms with Crippen molar-refractivity contribution in [1.29, 1.82) is 0 Å². The Kier molecular flexibility index (Phi) is 3.70. The third-order valence-corrected chi connectivity index (χ3v) is 4.74. The monoisotopic (exact) mass is 288 g/mol. The normalized spacial score (nSPS) is 19.0. The highest BCUT2D eigenvalue weighted by Gasteiger charge is 2.38. The number of rotatable bonds is 5. The molecule has 0 amide bonds. The largest absolute Gasteiger partial charge is 0.493 e. The van der Waals surface area contributed by atoms with Crippen LogP contribution in [0.4, 0.5) is 0 Å². The molecule has 4 nitrogen and oxygen atoms in total. The number of carbonyl (C=O) groups is 2. The summed E-state index contributed by atoms with van der Waals surface area (Å²) < 4.78 is 5.45. The van der Waals surface area contributed by atoms with E-state index in [2.05, 4.69) is 0 Å². The summed E-state index contributed by atoms with van der Waals surface area (Å²) in [7, 11) is 0. The standard InChI is InChI=1S/C17H20O4/c18-14(10-17(11-16(19)20)6-1-2-7-17)12-3-4-15-13(9-12)5-8-21-15/h3-4,9H,1-2,5-8,10-11H2,(H,19,20). The summed E-state index contributed by atoms with van der Waals surface area (Å²) >= 11 is 0. The van der Waals surface area contributed by atoms with E-state index >= 15 is 0 Å². The summed E-state index contributed by atoms with van der Waals surface area (Å²) in [6.07, 6.45) is 5.04. The second-order valence-corrected chi connectivity index (χ2v) is 6.30. The molecule has 1 aliphatic carbocycles. The third kappa shape index (κ3) is 2.94. The van der Waals surface area contributed by atoms with Crippen molar-refractivity contribution >= 4 is 11.8 Å². The zero-order chi connectivity index (χ0) is 14.9. The van der Waals surface area contributed by atoms with Crippen LogP contribution in [0.25, 0.3) is 0 Å². The summed E-state index contributed by atoms with van der Waals surface area (Å²) in [6.45, 7) is 0.677. The first-order valence-corrected chi connectivity index (χ1v) is 7.59. The van der Waals surface area contributed by atoms with Crippen molar-refractivity contribution in [3.63, 3.8) is 0 Å². The highest BCUT2D eigenvalue weighted by Crippen LogP contribution is 2.45. The zero-order valence-electron chi connectivity index (χ0n) is 12.1. The van der Waals surface area contributed by atoms with Crippen LogP contribution >= 0.6 is 0 Å². The maximum atomic E-state index is 12.6. The van der Waals surface area contributed by atoms with Crippen molar-refractivity contribution in [1.82, 2.24) is 0 Å². The Morgan fingerprint density at radius 3 is 2.67 bits per heavy atom. The van der Waals surface area contributed by atoms with E-state index in [1.165, 1.54) is 0 Å². The molecule has 112 valence electrons. The number of benzene rings is 1. The quantitative estimate of drug-likeness (QED) is 0.845. The zero-order valence-corrected chi connectivity index (χ0v) is 12.1. The molecule has 0 bridgehead atoms. The average molecular weight is 288 g/mol. The fourth-order valence-electron chi connectivity index (χ4n) is 3.66. The van der Waals surface area contributed by atoms with Crippen LogP contribution < -0.4 is 4.74 Å². The highest BCUT2D eigenvalue weighted by molar-refractivity contribution is 5.97. The van der Waals surface area contributed by atoms with Crippen molar-refractivity contribution in [2.45, 2.75) is 44.9 Å². The summed E-state index contributed by atoms with van der Waals surface area (Å²) in [5, 5.41) is 9.12. The molecule has 2 aliphatic rings. The number of hydrogen-bond acceptors (Lipinski definition) is 3. The Morgan fingerprint density at radius 2 is 1.95 bits per heavy atom. The maximum Gasteiger partial charge on any atom is 0.303 e. The number of carboxylic acids is 1. The van der Waals surface area contributed by atoms with E-state index in [1.807, 2.05) is 12.1 Å². The van der Waals surface area contributed by atoms with E-state index in [1.54, 1.807) is 6.07 Å². The molecular weight excluding hydrogens is 268 g/mol. The van der Waals surface area contributed by atoms with Gasteiger partial charge in [-0.25, -0.2) is 0 Å². The predicted molar refractivity (Wildman–Crippen MR) is 77.7 cm³/mol. The molecule has 1 aromatic rings. The fourth-order valence-corrected chi connectivity index (χ4v) is 3.66. The Hall–Kier alpha value is -1.84. The van der Waals surface area contributed by atoms with Crippen molar-refractivity contribution in [3.8, 4) is 5.75 Å². The molecule has 0 unspecified atom stereocenters. The molecule has 0 spiro atoms. The smallest absolute Gasteiger partial charge is 0.303 e. The topological polar surface area (TPSA) is 63.6 Å². The number of carboxylic acid groups (broad SMARTS) is 1. The van der Waals surface area contributed by atoms with Crippen molar-refractivity contribution in [2.75, 3.05) is 6.61 Å². The van der Waals surface area contributed by atoms with E-state index in [0.717, 1.165) is 43.4 Å². The number of fused-ring (bicyclic) bond motifs is 1. The van der Waals surface area contributed by atoms with Gasteiger partial charge in [0.15, 0.2) is 5.78 Å². The summed E-state index contributed by atoms with van der Waals surface area (Å²) in [4.78, 5) is 23.7. The molecule has 1 aromatic carbocycles. The second-order valence-electron chi connectivity index (χ2n) is 6.30. The van der Waals surface area contributed by atoms with E-state index in [0.29, 0.717) is 18.6 Å². The molecule has 3 rings (SSSR count). The lowest BCUT2D eigenvalue weighted by molar-refractivity contribution is -0.139. The summed E-state index contributed by atoms with van der Waals surface area (Å²) in [5.41, 5.74) is 1.44. The van der Waals surface area contributed by atoms with Gasteiger partial charge >= 0.3 is 5.97 Å². The lowest BCUT2D eigenvalue weighted by atomic mass is 9.77. The molecule has 1 saturated carbocycles. The Labute approximate surface area is 124 Å². The minimum Gasteiger partial charge on any atom is -0.493 e. The molecule has 1 aliphatic heterocycles. The number of carbonyl (C=O) groups excluding carboxylic acids is 1. The first kappa shape index (κ1) is 14.1.